The van der Waals surface area contributed by atoms with Gasteiger partial charge in [0.15, 0.2) is 12.4 Å². The first-order valence-electron chi connectivity index (χ1n) is 6.60. The zero-order chi connectivity index (χ0) is 16.6. The summed E-state index contributed by atoms with van der Waals surface area (Å²) >= 11 is 0. The maximum absolute atomic E-state index is 14.5. The van der Waals surface area contributed by atoms with Gasteiger partial charge in [0.1, 0.15) is 18.1 Å². The van der Waals surface area contributed by atoms with Crippen molar-refractivity contribution in [2.75, 3.05) is 13.7 Å². The Kier molecular flexibility index (Phi) is 3.78. The predicted octanol–water partition coefficient (Wildman–Crippen LogP) is 0.667. The van der Waals surface area contributed by atoms with Crippen LogP contribution in [-0.4, -0.2) is 56.5 Å². The normalized spacial score (nSPS) is 30.3. The predicted molar refractivity (Wildman–Crippen MR) is 74.1 cm³/mol. The Balaban J connectivity index is 2.08. The molecule has 122 valence electrons. The number of aromatic nitrogens is 3. The van der Waals surface area contributed by atoms with Crippen LogP contribution in [0.15, 0.2) is 23.7 Å². The fraction of sp³-hybridized carbons (Fsp3) is 0.500. The first-order valence-corrected chi connectivity index (χ1v) is 6.60. The lowest BCUT2D eigenvalue weighted by Gasteiger charge is -2.23. The largest absolute Gasteiger partial charge is 0.480 e. The molecule has 1 aliphatic heterocycles. The Morgan fingerprint density at radius 1 is 1.61 bits per heavy atom. The van der Waals surface area contributed by atoms with Gasteiger partial charge in [-0.05, 0) is 11.6 Å². The summed E-state index contributed by atoms with van der Waals surface area (Å²) in [4.78, 5) is 10.5. The number of rotatable bonds is 4. The van der Waals surface area contributed by atoms with E-state index in [0.717, 1.165) is 0 Å². The molecule has 0 saturated carbocycles. The second-order valence-electron chi connectivity index (χ2n) is 4.93. The zero-order valence-electron chi connectivity index (χ0n) is 11.9. The van der Waals surface area contributed by atoms with Crippen LogP contribution in [0.2, 0.25) is 0 Å². The van der Waals surface area contributed by atoms with E-state index in [4.69, 9.17) is 15.0 Å². The van der Waals surface area contributed by atoms with Gasteiger partial charge in [0, 0.05) is 11.1 Å². The van der Waals surface area contributed by atoms with E-state index in [0.29, 0.717) is 16.9 Å². The van der Waals surface area contributed by atoms with Gasteiger partial charge in [0.2, 0.25) is 11.6 Å². The molecule has 1 saturated heterocycles. The van der Waals surface area contributed by atoms with Crippen molar-refractivity contribution in [3.8, 4) is 5.88 Å². The molecule has 1 fully saturated rings. The minimum atomic E-state index is -2.09. The van der Waals surface area contributed by atoms with Gasteiger partial charge in [0.25, 0.3) is 0 Å². The molecule has 0 spiro atoms. The van der Waals surface area contributed by atoms with Gasteiger partial charge in [-0.25, -0.2) is 14.4 Å². The number of aliphatic hydroxyl groups excluding tert-OH is 2. The third-order valence-corrected chi connectivity index (χ3v) is 3.74. The van der Waals surface area contributed by atoms with Crippen LogP contribution in [0.5, 0.6) is 5.88 Å². The van der Waals surface area contributed by atoms with Crippen LogP contribution in [0, 0.1) is 0 Å². The minimum absolute atomic E-state index is 0.297. The summed E-state index contributed by atoms with van der Waals surface area (Å²) in [5, 5.41) is 23.1. The molecule has 0 amide bonds. The molecule has 0 radical (unpaired) electrons. The highest BCUT2D eigenvalue weighted by molar-refractivity contribution is 5.81. The van der Waals surface area contributed by atoms with Crippen molar-refractivity contribution in [1.29, 1.82) is 0 Å². The highest BCUT2D eigenvalue weighted by Crippen LogP contribution is 2.41. The fourth-order valence-electron chi connectivity index (χ4n) is 2.60. The van der Waals surface area contributed by atoms with Gasteiger partial charge >= 0.3 is 0 Å². The van der Waals surface area contributed by atoms with Crippen molar-refractivity contribution in [1.82, 2.24) is 14.5 Å². The quantitative estimate of drug-likeness (QED) is 0.481. The second kappa shape index (κ2) is 5.63. The molecule has 2 aromatic rings. The number of aliphatic hydroxyl groups is 2. The monoisotopic (exact) mass is 324 g/mol. The van der Waals surface area contributed by atoms with Crippen molar-refractivity contribution >= 4 is 11.0 Å². The first kappa shape index (κ1) is 15.4. The van der Waals surface area contributed by atoms with E-state index in [-0.39, 0.29) is 0 Å². The highest BCUT2D eigenvalue weighted by Gasteiger charge is 2.56. The van der Waals surface area contributed by atoms with Crippen molar-refractivity contribution < 1.29 is 24.1 Å². The van der Waals surface area contributed by atoms with E-state index in [1.54, 1.807) is 6.07 Å². The van der Waals surface area contributed by atoms with E-state index in [9.17, 15) is 14.6 Å². The van der Waals surface area contributed by atoms with Gasteiger partial charge < -0.3 is 24.3 Å². The van der Waals surface area contributed by atoms with E-state index < -0.39 is 30.8 Å². The van der Waals surface area contributed by atoms with Crippen molar-refractivity contribution in [3.63, 3.8) is 0 Å². The Morgan fingerprint density at radius 3 is 3.04 bits per heavy atom. The Morgan fingerprint density at radius 2 is 2.39 bits per heavy atom. The van der Waals surface area contributed by atoms with Crippen molar-refractivity contribution in [2.24, 2.45) is 5.11 Å². The lowest BCUT2D eigenvalue weighted by Crippen LogP contribution is -2.43. The Labute approximate surface area is 128 Å². The van der Waals surface area contributed by atoms with Crippen LogP contribution in [-0.2, 0) is 4.74 Å². The molecule has 0 aromatic carbocycles. The SMILES string of the molecule is COc1ncnc2c1ccn2[C@@H]1O[C@@](CO)(N=[N+]=[N-])[C@@H](O)[C@@H]1F. The average Bonchev–Trinajstić information content (AvgIpc) is 3.10. The fourth-order valence-corrected chi connectivity index (χ4v) is 2.60. The molecule has 3 heterocycles. The number of hydrogen-bond acceptors (Lipinski definition) is 7. The van der Waals surface area contributed by atoms with E-state index >= 15 is 0 Å². The van der Waals surface area contributed by atoms with E-state index in [2.05, 4.69) is 20.0 Å². The highest BCUT2D eigenvalue weighted by atomic mass is 19.1. The molecule has 23 heavy (non-hydrogen) atoms. The molecule has 11 heteroatoms. The molecule has 10 nitrogen and oxygen atoms in total. The van der Waals surface area contributed by atoms with Crippen LogP contribution in [0.1, 0.15) is 6.23 Å². The molecular formula is C12H13FN6O4. The summed E-state index contributed by atoms with van der Waals surface area (Å²) in [6, 6.07) is 1.60. The Hall–Kier alpha value is -2.46. The van der Waals surface area contributed by atoms with Crippen molar-refractivity contribution in [3.05, 3.63) is 29.0 Å². The van der Waals surface area contributed by atoms with Crippen LogP contribution >= 0.6 is 0 Å². The maximum atomic E-state index is 14.5. The number of hydrogen-bond donors (Lipinski definition) is 2. The number of ether oxygens (including phenoxy) is 2. The topological polar surface area (TPSA) is 138 Å². The molecule has 0 aliphatic carbocycles. The molecule has 2 aromatic heterocycles. The summed E-state index contributed by atoms with van der Waals surface area (Å²) in [5.41, 5.74) is 6.79. The number of azide groups is 1. The zero-order valence-corrected chi connectivity index (χ0v) is 11.9. The molecular weight excluding hydrogens is 311 g/mol. The Bertz CT molecular complexity index is 778. The third kappa shape index (κ3) is 2.18. The molecule has 2 N–H and O–H groups in total. The summed E-state index contributed by atoms with van der Waals surface area (Å²) in [6.45, 7) is -0.868. The standard InChI is InChI=1S/C12H13FN6O4/c1-22-10-6-2-3-19(9(6)15-5-16-10)11-7(13)8(21)12(4-20,23-11)17-18-14/h2-3,5,7-8,11,20-21H,4H2,1H3/t7-,8-,11+,12+/m0/s1. The second-order valence-corrected chi connectivity index (χ2v) is 4.93. The average molecular weight is 324 g/mol. The molecule has 0 unspecified atom stereocenters. The first-order chi connectivity index (χ1) is 11.1. The number of fused-ring (bicyclic) bond motifs is 1. The van der Waals surface area contributed by atoms with E-state index in [1.807, 2.05) is 0 Å². The van der Waals surface area contributed by atoms with Crippen LogP contribution < -0.4 is 4.74 Å². The van der Waals surface area contributed by atoms with Crippen LogP contribution in [0.3, 0.4) is 0 Å². The van der Waals surface area contributed by atoms with E-state index in [1.165, 1.54) is 24.2 Å². The molecule has 3 rings (SSSR count). The maximum Gasteiger partial charge on any atom is 0.225 e. The van der Waals surface area contributed by atoms with Crippen LogP contribution in [0.25, 0.3) is 21.5 Å². The van der Waals surface area contributed by atoms with Gasteiger partial charge in [-0.3, -0.25) is 0 Å². The number of alkyl halides is 1. The van der Waals surface area contributed by atoms with Gasteiger partial charge in [-0.1, -0.05) is 5.11 Å². The lowest BCUT2D eigenvalue weighted by atomic mass is 10.1. The number of methoxy groups -OCH3 is 1. The summed E-state index contributed by atoms with van der Waals surface area (Å²) in [6.07, 6.45) is -2.38. The molecule has 4 atom stereocenters. The minimum Gasteiger partial charge on any atom is -0.480 e. The molecule has 1 aliphatic rings. The summed E-state index contributed by atoms with van der Waals surface area (Å²) in [7, 11) is 1.44. The van der Waals surface area contributed by atoms with Crippen molar-refractivity contribution in [2.45, 2.75) is 24.2 Å². The lowest BCUT2D eigenvalue weighted by molar-refractivity contribution is -0.122. The van der Waals surface area contributed by atoms with Gasteiger partial charge in [0.05, 0.1) is 19.1 Å². The summed E-state index contributed by atoms with van der Waals surface area (Å²) in [5.74, 6) is 0.297. The van der Waals surface area contributed by atoms with Gasteiger partial charge in [-0.15, -0.1) is 0 Å². The smallest absolute Gasteiger partial charge is 0.225 e. The molecule has 0 bridgehead atoms. The van der Waals surface area contributed by atoms with Crippen LogP contribution in [0.4, 0.5) is 4.39 Å². The summed E-state index contributed by atoms with van der Waals surface area (Å²) < 4.78 is 26.3. The number of halogens is 1. The number of nitrogens with zero attached hydrogens (tertiary/aromatic N) is 6. The van der Waals surface area contributed by atoms with Gasteiger partial charge in [-0.2, -0.15) is 0 Å². The third-order valence-electron chi connectivity index (χ3n) is 3.74.